The molecular weight excluding hydrogens is 282 g/mol. The van der Waals surface area contributed by atoms with Crippen LogP contribution in [0.5, 0.6) is 0 Å². The molecule has 0 radical (unpaired) electrons. The molecule has 0 aromatic rings. The van der Waals surface area contributed by atoms with Gasteiger partial charge >= 0.3 is 0 Å². The molecule has 0 spiro atoms. The SMILES string of the molecule is CCOCCN1CCNC(CC(=O)N2CCCCCC2)C1=O. The third-order valence-electron chi connectivity index (χ3n) is 4.43. The number of likely N-dealkylation sites (tertiary alicyclic amines) is 1. The summed E-state index contributed by atoms with van der Waals surface area (Å²) in [6.07, 6.45) is 4.85. The van der Waals surface area contributed by atoms with E-state index in [-0.39, 0.29) is 24.3 Å². The minimum atomic E-state index is -0.369. The van der Waals surface area contributed by atoms with Crippen molar-refractivity contribution in [2.24, 2.45) is 0 Å². The lowest BCUT2D eigenvalue weighted by molar-refractivity contribution is -0.141. The predicted octanol–water partition coefficient (Wildman–Crippen LogP) is 0.616. The average molecular weight is 311 g/mol. The lowest BCUT2D eigenvalue weighted by Gasteiger charge is -2.33. The monoisotopic (exact) mass is 311 g/mol. The Bertz CT molecular complexity index is 368. The van der Waals surface area contributed by atoms with Crippen LogP contribution >= 0.6 is 0 Å². The number of hydrogen-bond acceptors (Lipinski definition) is 4. The van der Waals surface area contributed by atoms with E-state index in [1.54, 1.807) is 0 Å². The summed E-state index contributed by atoms with van der Waals surface area (Å²) in [5.41, 5.74) is 0. The molecule has 2 amide bonds. The zero-order valence-corrected chi connectivity index (χ0v) is 13.7. The summed E-state index contributed by atoms with van der Waals surface area (Å²) in [5, 5.41) is 3.20. The Morgan fingerprint density at radius 1 is 1.23 bits per heavy atom. The third kappa shape index (κ3) is 4.95. The molecule has 0 aliphatic carbocycles. The van der Waals surface area contributed by atoms with Gasteiger partial charge in [-0.3, -0.25) is 9.59 Å². The minimum Gasteiger partial charge on any atom is -0.380 e. The molecule has 126 valence electrons. The number of piperazine rings is 1. The van der Waals surface area contributed by atoms with Crippen molar-refractivity contribution in [3.8, 4) is 0 Å². The lowest BCUT2D eigenvalue weighted by atomic mass is 10.1. The van der Waals surface area contributed by atoms with Crippen molar-refractivity contribution in [2.75, 3.05) is 45.9 Å². The second kappa shape index (κ2) is 9.10. The number of carbonyl (C=O) groups is 2. The Hall–Kier alpha value is -1.14. The highest BCUT2D eigenvalue weighted by molar-refractivity contribution is 5.89. The van der Waals surface area contributed by atoms with Crippen LogP contribution in [0, 0.1) is 0 Å². The molecule has 22 heavy (non-hydrogen) atoms. The smallest absolute Gasteiger partial charge is 0.240 e. The summed E-state index contributed by atoms with van der Waals surface area (Å²) in [5.74, 6) is 0.147. The standard InChI is InChI=1S/C16H29N3O3/c1-2-22-12-11-19-10-7-17-14(16(19)21)13-15(20)18-8-5-3-4-6-9-18/h14,17H,2-13H2,1H3. The first-order valence-electron chi connectivity index (χ1n) is 8.60. The molecule has 0 aromatic heterocycles. The fourth-order valence-corrected chi connectivity index (χ4v) is 3.12. The van der Waals surface area contributed by atoms with Crippen molar-refractivity contribution in [3.63, 3.8) is 0 Å². The van der Waals surface area contributed by atoms with Crippen molar-refractivity contribution in [3.05, 3.63) is 0 Å². The lowest BCUT2D eigenvalue weighted by Crippen LogP contribution is -2.57. The Balaban J connectivity index is 1.82. The van der Waals surface area contributed by atoms with Gasteiger partial charge in [0.15, 0.2) is 0 Å². The van der Waals surface area contributed by atoms with Gasteiger partial charge in [0.25, 0.3) is 0 Å². The van der Waals surface area contributed by atoms with Crippen molar-refractivity contribution in [2.45, 2.75) is 45.1 Å². The van der Waals surface area contributed by atoms with Crippen molar-refractivity contribution < 1.29 is 14.3 Å². The van der Waals surface area contributed by atoms with Gasteiger partial charge in [-0.15, -0.1) is 0 Å². The van der Waals surface area contributed by atoms with E-state index in [1.807, 2.05) is 16.7 Å². The van der Waals surface area contributed by atoms with Gasteiger partial charge in [-0.2, -0.15) is 0 Å². The number of ether oxygens (including phenoxy) is 1. The van der Waals surface area contributed by atoms with E-state index in [9.17, 15) is 9.59 Å². The second-order valence-electron chi connectivity index (χ2n) is 6.03. The highest BCUT2D eigenvalue weighted by atomic mass is 16.5. The number of nitrogens with one attached hydrogen (secondary N) is 1. The van der Waals surface area contributed by atoms with E-state index in [0.717, 1.165) is 32.5 Å². The third-order valence-corrected chi connectivity index (χ3v) is 4.43. The molecule has 6 nitrogen and oxygen atoms in total. The zero-order valence-electron chi connectivity index (χ0n) is 13.7. The van der Waals surface area contributed by atoms with Gasteiger partial charge in [0.2, 0.25) is 11.8 Å². The van der Waals surface area contributed by atoms with Crippen LogP contribution in [0.4, 0.5) is 0 Å². The van der Waals surface area contributed by atoms with E-state index in [0.29, 0.717) is 26.3 Å². The molecule has 2 rings (SSSR count). The minimum absolute atomic E-state index is 0.0362. The average Bonchev–Trinajstić information content (AvgIpc) is 2.80. The van der Waals surface area contributed by atoms with Crippen molar-refractivity contribution >= 4 is 11.8 Å². The Morgan fingerprint density at radius 3 is 2.64 bits per heavy atom. The number of nitrogens with zero attached hydrogens (tertiary/aromatic N) is 2. The maximum absolute atomic E-state index is 12.4. The molecule has 0 bridgehead atoms. The fourth-order valence-electron chi connectivity index (χ4n) is 3.12. The second-order valence-corrected chi connectivity index (χ2v) is 6.03. The van der Waals surface area contributed by atoms with Gasteiger partial charge in [-0.1, -0.05) is 12.8 Å². The maximum Gasteiger partial charge on any atom is 0.240 e. The fraction of sp³-hybridized carbons (Fsp3) is 0.875. The van der Waals surface area contributed by atoms with Crippen LogP contribution in [0.15, 0.2) is 0 Å². The van der Waals surface area contributed by atoms with Crippen molar-refractivity contribution in [1.82, 2.24) is 15.1 Å². The first-order chi connectivity index (χ1) is 10.7. The molecule has 6 heteroatoms. The number of carbonyl (C=O) groups excluding carboxylic acids is 2. The van der Waals surface area contributed by atoms with Crippen LogP contribution in [0.25, 0.3) is 0 Å². The Labute approximate surface area is 133 Å². The van der Waals surface area contributed by atoms with Crippen LogP contribution in [-0.2, 0) is 14.3 Å². The van der Waals surface area contributed by atoms with E-state index in [1.165, 1.54) is 12.8 Å². The molecule has 2 saturated heterocycles. The molecule has 0 saturated carbocycles. The topological polar surface area (TPSA) is 61.9 Å². The molecular formula is C16H29N3O3. The van der Waals surface area contributed by atoms with Crippen LogP contribution in [0.3, 0.4) is 0 Å². The summed E-state index contributed by atoms with van der Waals surface area (Å²) in [6, 6.07) is -0.369. The first kappa shape index (κ1) is 17.2. The molecule has 2 heterocycles. The summed E-state index contributed by atoms with van der Waals surface area (Å²) >= 11 is 0. The predicted molar refractivity (Wildman–Crippen MR) is 84.5 cm³/mol. The highest BCUT2D eigenvalue weighted by Crippen LogP contribution is 2.13. The molecule has 2 aliphatic heterocycles. The molecule has 0 aromatic carbocycles. The normalized spacial score (nSPS) is 23.5. The highest BCUT2D eigenvalue weighted by Gasteiger charge is 2.31. The van der Waals surface area contributed by atoms with E-state index >= 15 is 0 Å². The summed E-state index contributed by atoms with van der Waals surface area (Å²) in [6.45, 7) is 6.91. The number of rotatable bonds is 6. The van der Waals surface area contributed by atoms with Crippen LogP contribution in [0.2, 0.25) is 0 Å². The van der Waals surface area contributed by atoms with Gasteiger partial charge < -0.3 is 19.9 Å². The first-order valence-corrected chi connectivity index (χ1v) is 8.60. The molecule has 1 unspecified atom stereocenters. The largest absolute Gasteiger partial charge is 0.380 e. The number of amides is 2. The van der Waals surface area contributed by atoms with Gasteiger partial charge in [0.1, 0.15) is 0 Å². The van der Waals surface area contributed by atoms with Gasteiger partial charge in [-0.25, -0.2) is 0 Å². The summed E-state index contributed by atoms with van der Waals surface area (Å²) < 4.78 is 5.32. The quantitative estimate of drug-likeness (QED) is 0.730. The molecule has 1 atom stereocenters. The Kier molecular flexibility index (Phi) is 7.12. The summed E-state index contributed by atoms with van der Waals surface area (Å²) in [7, 11) is 0. The Morgan fingerprint density at radius 2 is 1.95 bits per heavy atom. The van der Waals surface area contributed by atoms with E-state index in [4.69, 9.17) is 4.74 Å². The van der Waals surface area contributed by atoms with Crippen LogP contribution in [-0.4, -0.2) is 73.6 Å². The molecule has 2 aliphatic rings. The van der Waals surface area contributed by atoms with E-state index in [2.05, 4.69) is 5.32 Å². The van der Waals surface area contributed by atoms with Crippen LogP contribution < -0.4 is 5.32 Å². The van der Waals surface area contributed by atoms with Crippen molar-refractivity contribution in [1.29, 1.82) is 0 Å². The van der Waals surface area contributed by atoms with Gasteiger partial charge in [0, 0.05) is 39.3 Å². The molecule has 1 N–H and O–H groups in total. The van der Waals surface area contributed by atoms with Gasteiger partial charge in [0.05, 0.1) is 19.1 Å². The van der Waals surface area contributed by atoms with E-state index < -0.39 is 0 Å². The number of hydrogen-bond donors (Lipinski definition) is 1. The van der Waals surface area contributed by atoms with Gasteiger partial charge in [-0.05, 0) is 19.8 Å². The molecule has 2 fully saturated rings. The summed E-state index contributed by atoms with van der Waals surface area (Å²) in [4.78, 5) is 28.6. The van der Waals surface area contributed by atoms with Crippen LogP contribution in [0.1, 0.15) is 39.0 Å². The zero-order chi connectivity index (χ0) is 15.8. The maximum atomic E-state index is 12.4.